The molecule has 0 aliphatic carbocycles. The number of phenolic OH excluding ortho intramolecular Hbond substituents is 1. The zero-order valence-corrected chi connectivity index (χ0v) is 21.0. The van der Waals surface area contributed by atoms with Crippen molar-refractivity contribution in [1.82, 2.24) is 9.97 Å². The number of fused-ring (bicyclic) bond motifs is 1. The number of carbonyl (C=O) groups is 1. The molecule has 1 unspecified atom stereocenters. The van der Waals surface area contributed by atoms with E-state index in [1.54, 1.807) is 0 Å². The third-order valence-corrected chi connectivity index (χ3v) is 6.79. The Hall–Kier alpha value is -4.79. The number of nitrogens with two attached hydrogens (primary N) is 1. The highest BCUT2D eigenvalue weighted by Gasteiger charge is 2.35. The Morgan fingerprint density at radius 3 is 2.66 bits per heavy atom. The molecule has 0 saturated heterocycles. The van der Waals surface area contributed by atoms with Crippen LogP contribution in [0.3, 0.4) is 0 Å². The van der Waals surface area contributed by atoms with E-state index in [2.05, 4.69) is 15.3 Å². The SMILES string of the molecule is Cc1ccccc1N1C(=O)c2c(C)cccc2CC1CNc1ncnc(N)c1C(=N)c1cc(O)cc(F)c1. The molecule has 5 N–H and O–H groups in total. The molecule has 1 aliphatic heterocycles. The molecule has 0 bridgehead atoms. The van der Waals surface area contributed by atoms with Gasteiger partial charge in [0.2, 0.25) is 0 Å². The number of carbonyl (C=O) groups excluding carboxylic acids is 1. The van der Waals surface area contributed by atoms with Gasteiger partial charge in [-0.3, -0.25) is 10.2 Å². The third-order valence-electron chi connectivity index (χ3n) is 6.79. The molecule has 4 aromatic rings. The lowest BCUT2D eigenvalue weighted by atomic mass is 9.89. The number of nitrogen functional groups attached to an aromatic ring is 1. The molecule has 0 fully saturated rings. The molecular weight excluding hydrogens is 483 g/mol. The Balaban J connectivity index is 1.51. The quantitative estimate of drug-likeness (QED) is 0.280. The summed E-state index contributed by atoms with van der Waals surface area (Å²) in [7, 11) is 0. The number of aryl methyl sites for hydroxylation is 2. The molecule has 0 radical (unpaired) electrons. The van der Waals surface area contributed by atoms with Crippen LogP contribution in [0.2, 0.25) is 0 Å². The topological polar surface area (TPSA) is 128 Å². The molecule has 9 heteroatoms. The molecular formula is C29H27FN6O2. The van der Waals surface area contributed by atoms with Crippen molar-refractivity contribution in [2.75, 3.05) is 22.5 Å². The molecule has 0 spiro atoms. The van der Waals surface area contributed by atoms with Gasteiger partial charge in [-0.05, 0) is 55.2 Å². The Labute approximate surface area is 219 Å². The van der Waals surface area contributed by atoms with E-state index in [0.717, 1.165) is 34.5 Å². The fourth-order valence-electron chi connectivity index (χ4n) is 5.00. The van der Waals surface area contributed by atoms with E-state index in [1.165, 1.54) is 12.4 Å². The summed E-state index contributed by atoms with van der Waals surface area (Å²) in [6, 6.07) is 16.7. The van der Waals surface area contributed by atoms with Crippen molar-refractivity contribution in [3.63, 3.8) is 0 Å². The number of nitrogens with one attached hydrogen (secondary N) is 2. The van der Waals surface area contributed by atoms with E-state index in [9.17, 15) is 14.3 Å². The van der Waals surface area contributed by atoms with Crippen LogP contribution in [0.1, 0.15) is 38.2 Å². The molecule has 1 atom stereocenters. The standard InChI is InChI=1S/C29H27FN6O2/c1-16-6-3-4-9-23(16)36-21(11-18-8-5-7-17(2)24(18)29(36)38)14-33-28-25(27(32)34-15-35-28)26(31)19-10-20(30)13-22(37)12-19/h3-10,12-13,15,21,31,37H,11,14H2,1-2H3,(H3,32,33,34,35). The highest BCUT2D eigenvalue weighted by Crippen LogP contribution is 2.33. The Kier molecular flexibility index (Phi) is 6.50. The fraction of sp³-hybridized carbons (Fsp3) is 0.172. The van der Waals surface area contributed by atoms with E-state index in [1.807, 2.05) is 61.2 Å². The molecule has 1 amide bonds. The largest absolute Gasteiger partial charge is 0.508 e. The number of hydrogen-bond donors (Lipinski definition) is 4. The zero-order chi connectivity index (χ0) is 27.0. The van der Waals surface area contributed by atoms with Gasteiger partial charge in [-0.25, -0.2) is 14.4 Å². The first kappa shape index (κ1) is 24.9. The number of amides is 1. The van der Waals surface area contributed by atoms with E-state index >= 15 is 0 Å². The van der Waals surface area contributed by atoms with Crippen LogP contribution in [-0.4, -0.2) is 39.3 Å². The van der Waals surface area contributed by atoms with Crippen LogP contribution < -0.4 is 16.0 Å². The van der Waals surface area contributed by atoms with Gasteiger partial charge in [0.1, 0.15) is 29.5 Å². The first-order valence-electron chi connectivity index (χ1n) is 12.2. The lowest BCUT2D eigenvalue weighted by Gasteiger charge is -2.38. The maximum atomic E-state index is 13.9. The fourth-order valence-corrected chi connectivity index (χ4v) is 5.00. The molecule has 2 heterocycles. The first-order chi connectivity index (χ1) is 18.2. The number of aromatic hydroxyl groups is 1. The smallest absolute Gasteiger partial charge is 0.259 e. The van der Waals surface area contributed by atoms with Crippen molar-refractivity contribution >= 4 is 28.9 Å². The van der Waals surface area contributed by atoms with Crippen molar-refractivity contribution in [1.29, 1.82) is 5.41 Å². The van der Waals surface area contributed by atoms with Gasteiger partial charge in [-0.1, -0.05) is 36.4 Å². The summed E-state index contributed by atoms with van der Waals surface area (Å²) in [5.41, 5.74) is 10.7. The highest BCUT2D eigenvalue weighted by atomic mass is 19.1. The number of halogens is 1. The van der Waals surface area contributed by atoms with E-state index < -0.39 is 5.82 Å². The van der Waals surface area contributed by atoms with E-state index in [-0.39, 0.29) is 46.2 Å². The van der Waals surface area contributed by atoms with Crippen molar-refractivity contribution < 1.29 is 14.3 Å². The Morgan fingerprint density at radius 2 is 1.89 bits per heavy atom. The predicted octanol–water partition coefficient (Wildman–Crippen LogP) is 4.62. The number of rotatable bonds is 6. The highest BCUT2D eigenvalue weighted by molar-refractivity contribution is 6.16. The Bertz CT molecular complexity index is 1550. The molecule has 38 heavy (non-hydrogen) atoms. The Morgan fingerprint density at radius 1 is 1.13 bits per heavy atom. The van der Waals surface area contributed by atoms with Crippen molar-refractivity contribution in [3.05, 3.63) is 106 Å². The van der Waals surface area contributed by atoms with Gasteiger partial charge in [-0.15, -0.1) is 0 Å². The summed E-state index contributed by atoms with van der Waals surface area (Å²) in [4.78, 5) is 24.0. The summed E-state index contributed by atoms with van der Waals surface area (Å²) in [5.74, 6) is -0.751. The first-order valence-corrected chi connectivity index (χ1v) is 12.2. The van der Waals surface area contributed by atoms with Gasteiger partial charge in [0.05, 0.1) is 17.3 Å². The summed E-state index contributed by atoms with van der Waals surface area (Å²) < 4.78 is 13.9. The average molecular weight is 511 g/mol. The number of benzene rings is 3. The lowest BCUT2D eigenvalue weighted by Crippen LogP contribution is -2.50. The van der Waals surface area contributed by atoms with Crippen LogP contribution in [0.15, 0.2) is 67.0 Å². The second-order valence-corrected chi connectivity index (χ2v) is 9.37. The van der Waals surface area contributed by atoms with Gasteiger partial charge in [0, 0.05) is 29.4 Å². The maximum Gasteiger partial charge on any atom is 0.259 e. The van der Waals surface area contributed by atoms with Crippen molar-refractivity contribution in [2.45, 2.75) is 26.3 Å². The van der Waals surface area contributed by atoms with Crippen LogP contribution in [-0.2, 0) is 6.42 Å². The summed E-state index contributed by atoms with van der Waals surface area (Å²) >= 11 is 0. The van der Waals surface area contributed by atoms with Crippen molar-refractivity contribution in [2.24, 2.45) is 0 Å². The van der Waals surface area contributed by atoms with Crippen LogP contribution in [0.4, 0.5) is 21.7 Å². The second kappa shape index (κ2) is 9.93. The molecule has 8 nitrogen and oxygen atoms in total. The minimum absolute atomic E-state index is 0.0349. The molecule has 3 aromatic carbocycles. The number of hydrogen-bond acceptors (Lipinski definition) is 7. The molecule has 1 aromatic heterocycles. The third kappa shape index (κ3) is 4.54. The van der Waals surface area contributed by atoms with Crippen LogP contribution in [0.5, 0.6) is 5.75 Å². The number of nitrogens with zero attached hydrogens (tertiary/aromatic N) is 3. The molecule has 0 saturated carbocycles. The summed E-state index contributed by atoms with van der Waals surface area (Å²) in [6.07, 6.45) is 1.89. The number of aromatic nitrogens is 2. The van der Waals surface area contributed by atoms with Crippen LogP contribution >= 0.6 is 0 Å². The number of para-hydroxylation sites is 1. The van der Waals surface area contributed by atoms with Gasteiger partial charge < -0.3 is 21.1 Å². The monoisotopic (exact) mass is 510 g/mol. The average Bonchev–Trinajstić information content (AvgIpc) is 2.87. The van der Waals surface area contributed by atoms with Gasteiger partial charge >= 0.3 is 0 Å². The predicted molar refractivity (Wildman–Crippen MR) is 146 cm³/mol. The van der Waals surface area contributed by atoms with E-state index in [0.29, 0.717) is 18.5 Å². The molecule has 192 valence electrons. The summed E-state index contributed by atoms with van der Waals surface area (Å²) in [5, 5.41) is 21.8. The van der Waals surface area contributed by atoms with Gasteiger partial charge in [-0.2, -0.15) is 0 Å². The minimum atomic E-state index is -0.682. The van der Waals surface area contributed by atoms with Crippen LogP contribution in [0, 0.1) is 25.1 Å². The van der Waals surface area contributed by atoms with Crippen molar-refractivity contribution in [3.8, 4) is 5.75 Å². The minimum Gasteiger partial charge on any atom is -0.508 e. The van der Waals surface area contributed by atoms with Gasteiger partial charge in [0.15, 0.2) is 0 Å². The van der Waals surface area contributed by atoms with E-state index in [4.69, 9.17) is 11.1 Å². The normalized spacial score (nSPS) is 14.8. The zero-order valence-electron chi connectivity index (χ0n) is 21.0. The second-order valence-electron chi connectivity index (χ2n) is 9.37. The summed E-state index contributed by atoms with van der Waals surface area (Å²) in [6.45, 7) is 4.22. The number of phenols is 1. The molecule has 5 rings (SSSR count). The maximum absolute atomic E-state index is 13.9. The van der Waals surface area contributed by atoms with Gasteiger partial charge in [0.25, 0.3) is 5.91 Å². The number of anilines is 3. The van der Waals surface area contributed by atoms with Crippen LogP contribution in [0.25, 0.3) is 0 Å². The lowest BCUT2D eigenvalue weighted by molar-refractivity contribution is 0.0968. The molecule has 1 aliphatic rings.